The average molecular weight is 498 g/mol. The molecule has 3 heteroatoms. The monoisotopic (exact) mass is 497 g/mol. The molecule has 1 aliphatic carbocycles. The lowest BCUT2D eigenvalue weighted by Gasteiger charge is -2.13. The van der Waals surface area contributed by atoms with E-state index in [2.05, 4.69) is 54.6 Å². The maximum absolute atomic E-state index is 14.5. The van der Waals surface area contributed by atoms with Gasteiger partial charge in [-0.15, -0.1) is 0 Å². The van der Waals surface area contributed by atoms with Crippen LogP contribution >= 0.6 is 0 Å². The molecule has 0 atom stereocenters. The van der Waals surface area contributed by atoms with Crippen molar-refractivity contribution in [2.75, 3.05) is 0 Å². The first-order chi connectivity index (χ1) is 18.6. The van der Waals surface area contributed by atoms with E-state index in [-0.39, 0.29) is 5.56 Å². The van der Waals surface area contributed by atoms with Crippen LogP contribution in [0.4, 0.5) is 8.78 Å². The Morgan fingerprint density at radius 2 is 1.26 bits per heavy atom. The SMILES string of the molecule is Fc1ccc(F)c(-c2cccc(-c3cc(-c4ccc(C5=CC=CCC5)cc4)cc(-c4ccccc4)n3)c2)c1. The third kappa shape index (κ3) is 4.96. The zero-order valence-electron chi connectivity index (χ0n) is 20.7. The average Bonchev–Trinajstić information content (AvgIpc) is 2.99. The zero-order valence-corrected chi connectivity index (χ0v) is 20.7. The molecule has 5 aromatic rings. The fourth-order valence-corrected chi connectivity index (χ4v) is 4.89. The zero-order chi connectivity index (χ0) is 25.9. The minimum absolute atomic E-state index is 0.230. The third-order valence-electron chi connectivity index (χ3n) is 6.90. The first kappa shape index (κ1) is 23.7. The second-order valence-electron chi connectivity index (χ2n) is 9.43. The van der Waals surface area contributed by atoms with Crippen LogP contribution in [-0.2, 0) is 0 Å². The lowest BCUT2D eigenvalue weighted by Crippen LogP contribution is -1.93. The predicted octanol–water partition coefficient (Wildman–Crippen LogP) is 9.76. The molecule has 0 saturated heterocycles. The van der Waals surface area contributed by atoms with Crippen molar-refractivity contribution < 1.29 is 8.78 Å². The maximum atomic E-state index is 14.5. The van der Waals surface area contributed by atoms with Crippen LogP contribution in [-0.4, -0.2) is 4.98 Å². The van der Waals surface area contributed by atoms with Crippen molar-refractivity contribution in [3.8, 4) is 44.8 Å². The number of benzene rings is 4. The molecule has 0 unspecified atom stereocenters. The molecular weight excluding hydrogens is 472 g/mol. The van der Waals surface area contributed by atoms with Crippen LogP contribution in [0.15, 0.2) is 127 Å². The molecule has 0 fully saturated rings. The molecule has 0 saturated carbocycles. The Balaban J connectivity index is 1.45. The van der Waals surface area contributed by atoms with Gasteiger partial charge in [-0.2, -0.15) is 0 Å². The standard InChI is InChI=1S/C35H25F2N/c36-31-18-19-33(37)32(23-31)28-12-7-13-29(20-28)35-22-30(21-34(38-35)27-10-5-2-6-11-27)26-16-14-25(15-17-26)24-8-3-1-4-9-24/h1-3,5-8,10-23H,4,9H2. The highest BCUT2D eigenvalue weighted by Crippen LogP contribution is 2.34. The summed E-state index contributed by atoms with van der Waals surface area (Å²) in [5.74, 6) is -0.930. The quantitative estimate of drug-likeness (QED) is 0.235. The lowest BCUT2D eigenvalue weighted by molar-refractivity contribution is 0.603. The van der Waals surface area contributed by atoms with E-state index in [0.29, 0.717) is 5.56 Å². The number of allylic oxidation sites excluding steroid dienone is 4. The van der Waals surface area contributed by atoms with Crippen LogP contribution in [0.3, 0.4) is 0 Å². The second-order valence-corrected chi connectivity index (χ2v) is 9.43. The third-order valence-corrected chi connectivity index (χ3v) is 6.90. The highest BCUT2D eigenvalue weighted by atomic mass is 19.1. The summed E-state index contributed by atoms with van der Waals surface area (Å²) < 4.78 is 28.4. The molecule has 1 aromatic heterocycles. The highest BCUT2D eigenvalue weighted by Gasteiger charge is 2.12. The molecule has 6 rings (SSSR count). The fourth-order valence-electron chi connectivity index (χ4n) is 4.89. The number of rotatable bonds is 5. The number of halogens is 2. The molecule has 0 aliphatic heterocycles. The normalized spacial score (nSPS) is 12.8. The van der Waals surface area contributed by atoms with Crippen molar-refractivity contribution in [3.63, 3.8) is 0 Å². The molecule has 38 heavy (non-hydrogen) atoms. The van der Waals surface area contributed by atoms with E-state index in [0.717, 1.165) is 58.6 Å². The summed E-state index contributed by atoms with van der Waals surface area (Å²) in [6, 6.07) is 33.9. The maximum Gasteiger partial charge on any atom is 0.131 e. The van der Waals surface area contributed by atoms with E-state index < -0.39 is 11.6 Å². The van der Waals surface area contributed by atoms with Crippen molar-refractivity contribution in [2.45, 2.75) is 12.8 Å². The van der Waals surface area contributed by atoms with E-state index in [1.54, 1.807) is 6.07 Å². The largest absolute Gasteiger partial charge is 0.248 e. The van der Waals surface area contributed by atoms with Gasteiger partial charge in [0.25, 0.3) is 0 Å². The molecule has 1 aliphatic rings. The summed E-state index contributed by atoms with van der Waals surface area (Å²) in [4.78, 5) is 4.98. The van der Waals surface area contributed by atoms with Crippen molar-refractivity contribution in [2.24, 2.45) is 0 Å². The molecule has 0 amide bonds. The van der Waals surface area contributed by atoms with Gasteiger partial charge in [-0.05, 0) is 77.1 Å². The predicted molar refractivity (Wildman–Crippen MR) is 152 cm³/mol. The fraction of sp³-hybridized carbons (Fsp3) is 0.0571. The summed E-state index contributed by atoms with van der Waals surface area (Å²) in [6.07, 6.45) is 8.62. The summed E-state index contributed by atoms with van der Waals surface area (Å²) in [5, 5.41) is 0. The first-order valence-electron chi connectivity index (χ1n) is 12.7. The lowest BCUT2D eigenvalue weighted by atomic mass is 9.94. The first-order valence-corrected chi connectivity index (χ1v) is 12.7. The summed E-state index contributed by atoms with van der Waals surface area (Å²) in [7, 11) is 0. The van der Waals surface area contributed by atoms with Gasteiger partial charge in [0.1, 0.15) is 11.6 Å². The molecule has 1 nitrogen and oxygen atoms in total. The molecule has 0 N–H and O–H groups in total. The van der Waals surface area contributed by atoms with Gasteiger partial charge in [-0.3, -0.25) is 0 Å². The molecule has 184 valence electrons. The molecule has 4 aromatic carbocycles. The molecular formula is C35H25F2N. The van der Waals surface area contributed by atoms with Crippen LogP contribution in [0.2, 0.25) is 0 Å². The van der Waals surface area contributed by atoms with E-state index >= 15 is 0 Å². The molecule has 0 spiro atoms. The van der Waals surface area contributed by atoms with E-state index in [1.165, 1.54) is 17.2 Å². The number of nitrogens with zero attached hydrogens (tertiary/aromatic N) is 1. The van der Waals surface area contributed by atoms with Crippen LogP contribution in [0.25, 0.3) is 50.3 Å². The van der Waals surface area contributed by atoms with Gasteiger partial charge in [0.15, 0.2) is 0 Å². The number of aromatic nitrogens is 1. The molecule has 0 bridgehead atoms. The Kier molecular flexibility index (Phi) is 6.49. The Hall–Kier alpha value is -4.63. The van der Waals surface area contributed by atoms with Crippen LogP contribution < -0.4 is 0 Å². The van der Waals surface area contributed by atoms with Gasteiger partial charge in [0.2, 0.25) is 0 Å². The summed E-state index contributed by atoms with van der Waals surface area (Å²) in [5.41, 5.74) is 9.02. The Bertz CT molecular complexity index is 1660. The Morgan fingerprint density at radius 1 is 0.553 bits per heavy atom. The van der Waals surface area contributed by atoms with Crippen molar-refractivity contribution in [1.29, 1.82) is 0 Å². The smallest absolute Gasteiger partial charge is 0.131 e. The number of pyridine rings is 1. The molecule has 0 radical (unpaired) electrons. The number of hydrogen-bond acceptors (Lipinski definition) is 1. The Morgan fingerprint density at radius 3 is 2.03 bits per heavy atom. The van der Waals surface area contributed by atoms with Crippen LogP contribution in [0.5, 0.6) is 0 Å². The highest BCUT2D eigenvalue weighted by molar-refractivity contribution is 5.80. The number of hydrogen-bond donors (Lipinski definition) is 0. The molecule has 1 heterocycles. The van der Waals surface area contributed by atoms with E-state index in [9.17, 15) is 8.78 Å². The van der Waals surface area contributed by atoms with Crippen molar-refractivity contribution in [3.05, 3.63) is 145 Å². The Labute approximate surface area is 221 Å². The van der Waals surface area contributed by atoms with Crippen LogP contribution in [0, 0.1) is 11.6 Å². The minimum Gasteiger partial charge on any atom is -0.248 e. The van der Waals surface area contributed by atoms with Gasteiger partial charge in [0, 0.05) is 16.7 Å². The summed E-state index contributed by atoms with van der Waals surface area (Å²) in [6.45, 7) is 0. The van der Waals surface area contributed by atoms with E-state index in [1.807, 2.05) is 48.5 Å². The van der Waals surface area contributed by atoms with Gasteiger partial charge >= 0.3 is 0 Å². The topological polar surface area (TPSA) is 12.9 Å². The van der Waals surface area contributed by atoms with Gasteiger partial charge in [-0.1, -0.05) is 91.0 Å². The minimum atomic E-state index is -0.471. The second kappa shape index (κ2) is 10.4. The van der Waals surface area contributed by atoms with E-state index in [4.69, 9.17) is 4.98 Å². The van der Waals surface area contributed by atoms with Gasteiger partial charge in [-0.25, -0.2) is 13.8 Å². The van der Waals surface area contributed by atoms with Gasteiger partial charge < -0.3 is 0 Å². The van der Waals surface area contributed by atoms with Crippen molar-refractivity contribution in [1.82, 2.24) is 4.98 Å². The van der Waals surface area contributed by atoms with Crippen molar-refractivity contribution >= 4 is 5.57 Å². The summed E-state index contributed by atoms with van der Waals surface area (Å²) >= 11 is 0. The van der Waals surface area contributed by atoms with Crippen LogP contribution in [0.1, 0.15) is 18.4 Å². The van der Waals surface area contributed by atoms with Gasteiger partial charge in [0.05, 0.1) is 11.4 Å².